The third-order valence-corrected chi connectivity index (χ3v) is 3.37. The second-order valence-electron chi connectivity index (χ2n) is 5.58. The second kappa shape index (κ2) is 6.73. The van der Waals surface area contributed by atoms with Crippen LogP contribution < -0.4 is 10.6 Å². The minimum absolute atomic E-state index is 0.185. The zero-order valence-corrected chi connectivity index (χ0v) is 11.4. The topological polar surface area (TPSA) is 78.4 Å². The standard InChI is InChI=1S/C13H24N2O3/c1-8(2)7-10(13(17)18)15-12(16)11-9(3)5-4-6-14-11/h8-11,14H,4-7H2,1-3H3,(H,15,16)(H,17,18). The molecule has 0 radical (unpaired) electrons. The van der Waals surface area contributed by atoms with Crippen molar-refractivity contribution in [2.75, 3.05) is 6.54 Å². The predicted molar refractivity (Wildman–Crippen MR) is 69.2 cm³/mol. The van der Waals surface area contributed by atoms with Crippen LogP contribution in [0, 0.1) is 11.8 Å². The van der Waals surface area contributed by atoms with Crippen molar-refractivity contribution < 1.29 is 14.7 Å². The van der Waals surface area contributed by atoms with Crippen molar-refractivity contribution in [1.82, 2.24) is 10.6 Å². The molecule has 1 heterocycles. The number of hydrogen-bond donors (Lipinski definition) is 3. The van der Waals surface area contributed by atoms with Crippen LogP contribution in [0.15, 0.2) is 0 Å². The van der Waals surface area contributed by atoms with E-state index in [1.54, 1.807) is 0 Å². The van der Waals surface area contributed by atoms with Gasteiger partial charge in [0.2, 0.25) is 5.91 Å². The molecule has 1 aliphatic heterocycles. The molecule has 0 aromatic heterocycles. The van der Waals surface area contributed by atoms with E-state index >= 15 is 0 Å². The summed E-state index contributed by atoms with van der Waals surface area (Å²) in [6.45, 7) is 6.74. The van der Waals surface area contributed by atoms with Gasteiger partial charge >= 0.3 is 5.97 Å². The van der Waals surface area contributed by atoms with Crippen LogP contribution in [0.5, 0.6) is 0 Å². The van der Waals surface area contributed by atoms with E-state index in [9.17, 15) is 9.59 Å². The third-order valence-electron chi connectivity index (χ3n) is 3.37. The van der Waals surface area contributed by atoms with Crippen molar-refractivity contribution in [3.05, 3.63) is 0 Å². The Kier molecular flexibility index (Phi) is 5.59. The van der Waals surface area contributed by atoms with Gasteiger partial charge in [-0.05, 0) is 37.6 Å². The van der Waals surface area contributed by atoms with Gasteiger partial charge in [-0.15, -0.1) is 0 Å². The van der Waals surface area contributed by atoms with E-state index in [2.05, 4.69) is 10.6 Å². The van der Waals surface area contributed by atoms with E-state index in [-0.39, 0.29) is 23.8 Å². The summed E-state index contributed by atoms with van der Waals surface area (Å²) in [7, 11) is 0. The summed E-state index contributed by atoms with van der Waals surface area (Å²) < 4.78 is 0. The first-order valence-electron chi connectivity index (χ1n) is 6.68. The zero-order chi connectivity index (χ0) is 13.7. The fraction of sp³-hybridized carbons (Fsp3) is 0.846. The van der Waals surface area contributed by atoms with Gasteiger partial charge in [0.05, 0.1) is 6.04 Å². The number of carbonyl (C=O) groups excluding carboxylic acids is 1. The molecule has 1 saturated heterocycles. The van der Waals surface area contributed by atoms with Crippen LogP contribution in [0.25, 0.3) is 0 Å². The highest BCUT2D eigenvalue weighted by Gasteiger charge is 2.30. The van der Waals surface area contributed by atoms with Gasteiger partial charge in [0.1, 0.15) is 6.04 Å². The highest BCUT2D eigenvalue weighted by atomic mass is 16.4. The Morgan fingerprint density at radius 1 is 1.44 bits per heavy atom. The number of piperidine rings is 1. The summed E-state index contributed by atoms with van der Waals surface area (Å²) in [5.41, 5.74) is 0. The number of rotatable bonds is 5. The van der Waals surface area contributed by atoms with Gasteiger partial charge in [0, 0.05) is 0 Å². The molecular weight excluding hydrogens is 232 g/mol. The van der Waals surface area contributed by atoms with Gasteiger partial charge in [0.15, 0.2) is 0 Å². The minimum Gasteiger partial charge on any atom is -0.480 e. The highest BCUT2D eigenvalue weighted by Crippen LogP contribution is 2.16. The molecule has 5 heteroatoms. The Labute approximate surface area is 108 Å². The average molecular weight is 256 g/mol. The molecule has 104 valence electrons. The Hall–Kier alpha value is -1.10. The average Bonchev–Trinajstić information content (AvgIpc) is 2.27. The van der Waals surface area contributed by atoms with Gasteiger partial charge in [-0.2, -0.15) is 0 Å². The summed E-state index contributed by atoms with van der Waals surface area (Å²) in [5.74, 6) is -0.647. The number of hydrogen-bond acceptors (Lipinski definition) is 3. The lowest BCUT2D eigenvalue weighted by atomic mass is 9.91. The molecule has 1 amide bonds. The van der Waals surface area contributed by atoms with Gasteiger partial charge < -0.3 is 15.7 Å². The lowest BCUT2D eigenvalue weighted by molar-refractivity contribution is -0.142. The number of carbonyl (C=O) groups is 2. The van der Waals surface area contributed by atoms with Crippen molar-refractivity contribution in [3.8, 4) is 0 Å². The lowest BCUT2D eigenvalue weighted by Gasteiger charge is -2.30. The first kappa shape index (κ1) is 15.0. The molecular formula is C13H24N2O3. The van der Waals surface area contributed by atoms with Crippen LogP contribution in [0.4, 0.5) is 0 Å². The first-order valence-corrected chi connectivity index (χ1v) is 6.68. The Bertz CT molecular complexity index is 305. The van der Waals surface area contributed by atoms with Crippen molar-refractivity contribution in [2.24, 2.45) is 11.8 Å². The van der Waals surface area contributed by atoms with Crippen molar-refractivity contribution in [3.63, 3.8) is 0 Å². The molecule has 0 aromatic carbocycles. The fourth-order valence-corrected chi connectivity index (χ4v) is 2.35. The molecule has 1 aliphatic rings. The molecule has 0 saturated carbocycles. The lowest BCUT2D eigenvalue weighted by Crippen LogP contribution is -2.54. The van der Waals surface area contributed by atoms with Gasteiger partial charge in [-0.1, -0.05) is 20.8 Å². The predicted octanol–water partition coefficient (Wildman–Crippen LogP) is 0.990. The smallest absolute Gasteiger partial charge is 0.326 e. The van der Waals surface area contributed by atoms with E-state index < -0.39 is 12.0 Å². The summed E-state index contributed by atoms with van der Waals surface area (Å²) in [6.07, 6.45) is 2.54. The van der Waals surface area contributed by atoms with E-state index in [1.165, 1.54) is 0 Å². The zero-order valence-electron chi connectivity index (χ0n) is 11.4. The van der Waals surface area contributed by atoms with Crippen LogP contribution in [-0.4, -0.2) is 35.6 Å². The maximum absolute atomic E-state index is 12.1. The van der Waals surface area contributed by atoms with Crippen LogP contribution in [0.2, 0.25) is 0 Å². The molecule has 18 heavy (non-hydrogen) atoms. The molecule has 5 nitrogen and oxygen atoms in total. The van der Waals surface area contributed by atoms with E-state index in [1.807, 2.05) is 20.8 Å². The highest BCUT2D eigenvalue weighted by molar-refractivity contribution is 5.87. The van der Waals surface area contributed by atoms with Gasteiger partial charge in [-0.25, -0.2) is 4.79 Å². The van der Waals surface area contributed by atoms with Crippen LogP contribution >= 0.6 is 0 Å². The van der Waals surface area contributed by atoms with Crippen LogP contribution in [0.1, 0.15) is 40.0 Å². The maximum Gasteiger partial charge on any atom is 0.326 e. The maximum atomic E-state index is 12.1. The third kappa shape index (κ3) is 4.29. The van der Waals surface area contributed by atoms with Crippen molar-refractivity contribution in [2.45, 2.75) is 52.1 Å². The largest absolute Gasteiger partial charge is 0.480 e. The van der Waals surface area contributed by atoms with E-state index in [4.69, 9.17) is 5.11 Å². The summed E-state index contributed by atoms with van der Waals surface area (Å²) >= 11 is 0. The minimum atomic E-state index is -0.958. The molecule has 0 bridgehead atoms. The first-order chi connectivity index (χ1) is 8.41. The molecule has 1 fully saturated rings. The van der Waals surface area contributed by atoms with Gasteiger partial charge in [0.25, 0.3) is 0 Å². The molecule has 1 rings (SSSR count). The number of carboxylic acids is 1. The number of carboxylic acid groups (broad SMARTS) is 1. The monoisotopic (exact) mass is 256 g/mol. The molecule has 3 unspecified atom stereocenters. The van der Waals surface area contributed by atoms with Crippen LogP contribution in [0.3, 0.4) is 0 Å². The van der Waals surface area contributed by atoms with Crippen molar-refractivity contribution in [1.29, 1.82) is 0 Å². The Balaban J connectivity index is 2.57. The fourth-order valence-electron chi connectivity index (χ4n) is 2.35. The summed E-state index contributed by atoms with van der Waals surface area (Å²) in [4.78, 5) is 23.2. The molecule has 3 atom stereocenters. The SMILES string of the molecule is CC(C)CC(NC(=O)C1NCCCC1C)C(=O)O. The van der Waals surface area contributed by atoms with Gasteiger partial charge in [-0.3, -0.25) is 4.79 Å². The number of amides is 1. The number of aliphatic carboxylic acids is 1. The van der Waals surface area contributed by atoms with Crippen LogP contribution in [-0.2, 0) is 9.59 Å². The molecule has 0 aromatic rings. The van der Waals surface area contributed by atoms with E-state index in [0.29, 0.717) is 6.42 Å². The summed E-state index contributed by atoms with van der Waals surface area (Å²) in [6, 6.07) is -1.04. The Morgan fingerprint density at radius 2 is 2.11 bits per heavy atom. The molecule has 0 spiro atoms. The molecule has 3 N–H and O–H groups in total. The normalized spacial score (nSPS) is 25.8. The quantitative estimate of drug-likeness (QED) is 0.685. The Morgan fingerprint density at radius 3 is 2.61 bits per heavy atom. The summed E-state index contributed by atoms with van der Waals surface area (Å²) in [5, 5.41) is 14.9. The van der Waals surface area contributed by atoms with Crippen molar-refractivity contribution >= 4 is 11.9 Å². The van der Waals surface area contributed by atoms with E-state index in [0.717, 1.165) is 19.4 Å². The number of nitrogens with one attached hydrogen (secondary N) is 2. The molecule has 0 aliphatic carbocycles. The second-order valence-corrected chi connectivity index (χ2v) is 5.58.